The molecule has 0 aromatic heterocycles. The van der Waals surface area contributed by atoms with Crippen molar-refractivity contribution in [2.75, 3.05) is 20.2 Å². The molecule has 0 spiro atoms. The summed E-state index contributed by atoms with van der Waals surface area (Å²) < 4.78 is 32.8. The van der Waals surface area contributed by atoms with E-state index in [1.807, 2.05) is 24.3 Å². The molecule has 1 saturated heterocycles. The number of sulfonamides is 1. The summed E-state index contributed by atoms with van der Waals surface area (Å²) in [5.41, 5.74) is 0.947. The highest BCUT2D eigenvalue weighted by molar-refractivity contribution is 7.89. The summed E-state index contributed by atoms with van der Waals surface area (Å²) in [5.74, 6) is 0.549. The lowest BCUT2D eigenvalue weighted by Gasteiger charge is -2.27. The minimum atomic E-state index is -3.69. The summed E-state index contributed by atoms with van der Waals surface area (Å²) >= 11 is 0. The largest absolute Gasteiger partial charge is 0.490 e. The fourth-order valence-electron chi connectivity index (χ4n) is 3.45. The number of carbonyl (C=O) groups is 1. The van der Waals surface area contributed by atoms with Crippen molar-refractivity contribution in [3.63, 3.8) is 0 Å². The van der Waals surface area contributed by atoms with Crippen LogP contribution in [0.15, 0.2) is 72.1 Å². The normalized spacial score (nSPS) is 17.1. The molecule has 3 rings (SSSR count). The quantitative estimate of drug-likeness (QED) is 0.623. The summed E-state index contributed by atoms with van der Waals surface area (Å²) in [4.78, 5) is 14.8. The molecule has 1 unspecified atom stereocenters. The Morgan fingerprint density at radius 1 is 1.21 bits per heavy atom. The second-order valence-electron chi connectivity index (χ2n) is 7.02. The van der Waals surface area contributed by atoms with E-state index in [0.29, 0.717) is 32.5 Å². The SMILES string of the molecule is C=CCOc1ccc(CN(C)C(=O)C2CCCN2S(=O)(=O)c2ccccc2)cc1. The van der Waals surface area contributed by atoms with Gasteiger partial charge in [0.15, 0.2) is 0 Å². The lowest BCUT2D eigenvalue weighted by molar-refractivity contribution is -0.133. The van der Waals surface area contributed by atoms with Crippen LogP contribution >= 0.6 is 0 Å². The van der Waals surface area contributed by atoms with E-state index < -0.39 is 16.1 Å². The van der Waals surface area contributed by atoms with Crippen LogP contribution in [-0.4, -0.2) is 49.8 Å². The molecule has 1 atom stereocenters. The predicted molar refractivity (Wildman–Crippen MR) is 112 cm³/mol. The highest BCUT2D eigenvalue weighted by Crippen LogP contribution is 2.27. The van der Waals surface area contributed by atoms with Crippen LogP contribution in [0.1, 0.15) is 18.4 Å². The molecular weight excluding hydrogens is 388 g/mol. The van der Waals surface area contributed by atoms with Crippen LogP contribution in [-0.2, 0) is 21.4 Å². The lowest BCUT2D eigenvalue weighted by Crippen LogP contribution is -2.46. The third-order valence-electron chi connectivity index (χ3n) is 4.93. The summed E-state index contributed by atoms with van der Waals surface area (Å²) in [6, 6.07) is 15.1. The first-order valence-electron chi connectivity index (χ1n) is 9.58. The first-order valence-corrected chi connectivity index (χ1v) is 11.0. The Labute approximate surface area is 172 Å². The van der Waals surface area contributed by atoms with Crippen molar-refractivity contribution in [3.05, 3.63) is 72.8 Å². The molecule has 0 radical (unpaired) electrons. The number of rotatable bonds is 8. The molecular formula is C22H26N2O4S. The number of hydrogen-bond acceptors (Lipinski definition) is 4. The number of likely N-dealkylation sites (N-methyl/N-ethyl adjacent to an activating group) is 1. The van der Waals surface area contributed by atoms with Crippen LogP contribution in [0.4, 0.5) is 0 Å². The van der Waals surface area contributed by atoms with Crippen LogP contribution in [0, 0.1) is 0 Å². The molecule has 7 heteroatoms. The van der Waals surface area contributed by atoms with Crippen molar-refractivity contribution in [2.45, 2.75) is 30.3 Å². The molecule has 2 aromatic carbocycles. The molecule has 1 heterocycles. The van der Waals surface area contributed by atoms with Gasteiger partial charge in [-0.05, 0) is 42.7 Å². The van der Waals surface area contributed by atoms with E-state index in [2.05, 4.69) is 6.58 Å². The van der Waals surface area contributed by atoms with Gasteiger partial charge in [-0.15, -0.1) is 0 Å². The second-order valence-corrected chi connectivity index (χ2v) is 8.92. The Morgan fingerprint density at radius 2 is 1.90 bits per heavy atom. The fourth-order valence-corrected chi connectivity index (χ4v) is 5.13. The van der Waals surface area contributed by atoms with E-state index in [0.717, 1.165) is 11.3 Å². The van der Waals surface area contributed by atoms with Gasteiger partial charge in [0.1, 0.15) is 18.4 Å². The number of amides is 1. The van der Waals surface area contributed by atoms with E-state index in [4.69, 9.17) is 4.74 Å². The topological polar surface area (TPSA) is 66.9 Å². The van der Waals surface area contributed by atoms with Crippen LogP contribution in [0.2, 0.25) is 0 Å². The maximum absolute atomic E-state index is 13.0. The Hall–Kier alpha value is -2.64. The zero-order valence-corrected chi connectivity index (χ0v) is 17.3. The van der Waals surface area contributed by atoms with Crippen LogP contribution in [0.25, 0.3) is 0 Å². The minimum absolute atomic E-state index is 0.186. The van der Waals surface area contributed by atoms with Crippen molar-refractivity contribution in [1.29, 1.82) is 0 Å². The van der Waals surface area contributed by atoms with Gasteiger partial charge in [-0.25, -0.2) is 8.42 Å². The third-order valence-corrected chi connectivity index (χ3v) is 6.85. The van der Waals surface area contributed by atoms with E-state index >= 15 is 0 Å². The van der Waals surface area contributed by atoms with E-state index in [1.54, 1.807) is 48.4 Å². The van der Waals surface area contributed by atoms with Crippen molar-refractivity contribution in [2.24, 2.45) is 0 Å². The second kappa shape index (κ2) is 9.24. The van der Waals surface area contributed by atoms with E-state index in [1.165, 1.54) is 4.31 Å². The van der Waals surface area contributed by atoms with Crippen molar-refractivity contribution in [1.82, 2.24) is 9.21 Å². The summed E-state index contributed by atoms with van der Waals surface area (Å²) in [6.45, 7) is 4.81. The zero-order valence-electron chi connectivity index (χ0n) is 16.5. The average Bonchev–Trinajstić information content (AvgIpc) is 3.24. The van der Waals surface area contributed by atoms with Gasteiger partial charge in [0.2, 0.25) is 15.9 Å². The maximum atomic E-state index is 13.0. The van der Waals surface area contributed by atoms with Gasteiger partial charge in [0.25, 0.3) is 0 Å². The van der Waals surface area contributed by atoms with Crippen LogP contribution < -0.4 is 4.74 Å². The molecule has 6 nitrogen and oxygen atoms in total. The van der Waals surface area contributed by atoms with Gasteiger partial charge in [-0.3, -0.25) is 4.79 Å². The first kappa shape index (κ1) is 21.1. The van der Waals surface area contributed by atoms with Gasteiger partial charge < -0.3 is 9.64 Å². The van der Waals surface area contributed by atoms with Gasteiger partial charge in [0, 0.05) is 20.1 Å². The molecule has 1 amide bonds. The molecule has 1 aliphatic rings. The van der Waals surface area contributed by atoms with Gasteiger partial charge in [0.05, 0.1) is 4.90 Å². The van der Waals surface area contributed by atoms with Gasteiger partial charge in [-0.2, -0.15) is 4.31 Å². The Morgan fingerprint density at radius 3 is 2.55 bits per heavy atom. The molecule has 1 aliphatic heterocycles. The highest BCUT2D eigenvalue weighted by atomic mass is 32.2. The zero-order chi connectivity index (χ0) is 20.9. The summed E-state index contributed by atoms with van der Waals surface area (Å²) in [6.07, 6.45) is 2.88. The molecule has 0 bridgehead atoms. The fraction of sp³-hybridized carbons (Fsp3) is 0.318. The molecule has 0 saturated carbocycles. The van der Waals surface area contributed by atoms with E-state index in [-0.39, 0.29) is 10.8 Å². The molecule has 154 valence electrons. The molecule has 1 fully saturated rings. The standard InChI is InChI=1S/C22H26N2O4S/c1-3-16-28-19-13-11-18(12-14-19)17-23(2)22(25)21-10-7-15-24(21)29(26,27)20-8-5-4-6-9-20/h3-6,8-9,11-14,21H,1,7,10,15-17H2,2H3. The smallest absolute Gasteiger partial charge is 0.243 e. The number of ether oxygens (including phenoxy) is 1. The molecule has 2 aromatic rings. The Kier molecular flexibility index (Phi) is 6.71. The number of carbonyl (C=O) groups excluding carboxylic acids is 1. The number of hydrogen-bond donors (Lipinski definition) is 0. The highest BCUT2D eigenvalue weighted by Gasteiger charge is 2.40. The monoisotopic (exact) mass is 414 g/mol. The maximum Gasteiger partial charge on any atom is 0.243 e. The third kappa shape index (κ3) is 4.86. The minimum Gasteiger partial charge on any atom is -0.490 e. The van der Waals surface area contributed by atoms with Gasteiger partial charge in [-0.1, -0.05) is 43.0 Å². The lowest BCUT2D eigenvalue weighted by atomic mass is 10.1. The predicted octanol–water partition coefficient (Wildman–Crippen LogP) is 3.06. The summed E-state index contributed by atoms with van der Waals surface area (Å²) in [5, 5.41) is 0. The molecule has 0 N–H and O–H groups in total. The van der Waals surface area contributed by atoms with Crippen molar-refractivity contribution in [3.8, 4) is 5.75 Å². The first-order chi connectivity index (χ1) is 13.9. The average molecular weight is 415 g/mol. The number of nitrogens with zero attached hydrogens (tertiary/aromatic N) is 2. The van der Waals surface area contributed by atoms with E-state index in [9.17, 15) is 13.2 Å². The van der Waals surface area contributed by atoms with Crippen molar-refractivity contribution >= 4 is 15.9 Å². The summed E-state index contributed by atoms with van der Waals surface area (Å²) in [7, 11) is -1.99. The van der Waals surface area contributed by atoms with Gasteiger partial charge >= 0.3 is 0 Å². The van der Waals surface area contributed by atoms with Crippen LogP contribution in [0.3, 0.4) is 0 Å². The molecule has 29 heavy (non-hydrogen) atoms. The number of benzene rings is 2. The molecule has 0 aliphatic carbocycles. The Bertz CT molecular complexity index is 943. The van der Waals surface area contributed by atoms with Crippen LogP contribution in [0.5, 0.6) is 5.75 Å². The van der Waals surface area contributed by atoms with Crippen molar-refractivity contribution < 1.29 is 17.9 Å². The Balaban J connectivity index is 1.69.